The second kappa shape index (κ2) is 6.16. The highest BCUT2D eigenvalue weighted by atomic mass is 35.5. The maximum Gasteiger partial charge on any atom is 0.274 e. The number of fused-ring (bicyclic) bond motifs is 1. The van der Waals surface area contributed by atoms with E-state index in [1.54, 1.807) is 4.68 Å². The summed E-state index contributed by atoms with van der Waals surface area (Å²) in [5.74, 6) is 0.230. The molecular formula is C21H21ClN6O. The number of benzene rings is 1. The predicted octanol–water partition coefficient (Wildman–Crippen LogP) is 3.08. The van der Waals surface area contributed by atoms with Crippen molar-refractivity contribution in [2.45, 2.75) is 38.1 Å². The molecule has 1 aliphatic carbocycles. The van der Waals surface area contributed by atoms with Crippen molar-refractivity contribution in [1.29, 1.82) is 0 Å². The number of likely N-dealkylation sites (tertiary alicyclic amines) is 1. The monoisotopic (exact) mass is 408 g/mol. The fourth-order valence-corrected chi connectivity index (χ4v) is 4.77. The molecule has 6 rings (SSSR count). The molecule has 7 nitrogen and oxygen atoms in total. The number of carbonyl (C=O) groups is 1. The molecule has 3 aromatic rings. The van der Waals surface area contributed by atoms with Crippen molar-refractivity contribution in [3.05, 3.63) is 58.6 Å². The maximum atomic E-state index is 13.0. The van der Waals surface area contributed by atoms with Crippen molar-refractivity contribution >= 4 is 17.5 Å². The van der Waals surface area contributed by atoms with E-state index in [4.69, 9.17) is 11.6 Å². The quantitative estimate of drug-likeness (QED) is 0.667. The molecular weight excluding hydrogens is 388 g/mol. The van der Waals surface area contributed by atoms with Crippen LogP contribution in [0.2, 0.25) is 5.02 Å². The van der Waals surface area contributed by atoms with Gasteiger partial charge in [-0.15, -0.1) is 5.10 Å². The van der Waals surface area contributed by atoms with E-state index >= 15 is 0 Å². The number of halogens is 1. The molecule has 1 saturated heterocycles. The highest BCUT2D eigenvalue weighted by Crippen LogP contribution is 2.53. The van der Waals surface area contributed by atoms with Crippen LogP contribution in [0.25, 0.3) is 5.69 Å². The minimum atomic E-state index is 0.0318. The van der Waals surface area contributed by atoms with Gasteiger partial charge in [0, 0.05) is 36.3 Å². The van der Waals surface area contributed by atoms with E-state index in [0.29, 0.717) is 22.7 Å². The van der Waals surface area contributed by atoms with Gasteiger partial charge < -0.3 is 4.90 Å². The molecule has 1 unspecified atom stereocenters. The van der Waals surface area contributed by atoms with Crippen molar-refractivity contribution < 1.29 is 4.79 Å². The third-order valence-electron chi connectivity index (χ3n) is 6.58. The largest absolute Gasteiger partial charge is 0.337 e. The van der Waals surface area contributed by atoms with Gasteiger partial charge in [0.1, 0.15) is 0 Å². The number of amides is 1. The topological polar surface area (TPSA) is 68.8 Å². The van der Waals surface area contributed by atoms with E-state index in [9.17, 15) is 4.79 Å². The van der Waals surface area contributed by atoms with Gasteiger partial charge in [0.15, 0.2) is 5.69 Å². The van der Waals surface area contributed by atoms with Crippen LogP contribution in [-0.4, -0.2) is 48.7 Å². The molecule has 1 atom stereocenters. The normalized spacial score (nSPS) is 21.7. The molecule has 148 valence electrons. The van der Waals surface area contributed by atoms with Crippen LogP contribution in [-0.2, 0) is 13.0 Å². The lowest BCUT2D eigenvalue weighted by atomic mass is 10.0. The summed E-state index contributed by atoms with van der Waals surface area (Å²) < 4.78 is 3.80. The van der Waals surface area contributed by atoms with E-state index < -0.39 is 0 Å². The van der Waals surface area contributed by atoms with Gasteiger partial charge in [-0.25, -0.2) is 4.68 Å². The fraction of sp³-hybridized carbons (Fsp3) is 0.429. The number of aromatic nitrogens is 5. The van der Waals surface area contributed by atoms with E-state index in [0.717, 1.165) is 37.3 Å². The second-order valence-electron chi connectivity index (χ2n) is 8.66. The third kappa shape index (κ3) is 2.95. The van der Waals surface area contributed by atoms with Gasteiger partial charge in [-0.3, -0.25) is 9.48 Å². The van der Waals surface area contributed by atoms with Gasteiger partial charge in [0.05, 0.1) is 17.6 Å². The lowest BCUT2D eigenvalue weighted by Gasteiger charge is -2.14. The smallest absolute Gasteiger partial charge is 0.274 e. The van der Waals surface area contributed by atoms with Crippen LogP contribution in [0, 0.1) is 5.41 Å². The van der Waals surface area contributed by atoms with Gasteiger partial charge in [0.2, 0.25) is 0 Å². The molecule has 0 radical (unpaired) electrons. The predicted molar refractivity (Wildman–Crippen MR) is 107 cm³/mol. The van der Waals surface area contributed by atoms with E-state index in [1.807, 2.05) is 46.1 Å². The number of hydrogen-bond acceptors (Lipinski definition) is 4. The summed E-state index contributed by atoms with van der Waals surface area (Å²) in [4.78, 5) is 14.9. The van der Waals surface area contributed by atoms with Crippen molar-refractivity contribution in [3.63, 3.8) is 0 Å². The summed E-state index contributed by atoms with van der Waals surface area (Å²) in [5, 5.41) is 13.9. The van der Waals surface area contributed by atoms with E-state index in [-0.39, 0.29) is 11.8 Å². The second-order valence-corrected chi connectivity index (χ2v) is 9.09. The standard InChI is InChI=1S/C21H21ClN6O/c22-15-1-3-16(4-2-15)27-12-19(23-25-27)14-5-8-26(11-14)20(29)18-9-17-10-21(6-7-21)13-28(17)24-18/h1-4,9,12,14H,5-8,10-11,13H2. The van der Waals surface area contributed by atoms with Crippen LogP contribution in [0.4, 0.5) is 0 Å². The zero-order valence-corrected chi connectivity index (χ0v) is 16.7. The molecule has 2 fully saturated rings. The molecule has 1 saturated carbocycles. The highest BCUT2D eigenvalue weighted by molar-refractivity contribution is 6.30. The molecule has 0 bridgehead atoms. The highest BCUT2D eigenvalue weighted by Gasteiger charge is 2.48. The van der Waals surface area contributed by atoms with E-state index in [1.165, 1.54) is 18.5 Å². The van der Waals surface area contributed by atoms with Gasteiger partial charge in [-0.2, -0.15) is 5.10 Å². The Bertz CT molecular complexity index is 1070. The molecule has 3 aliphatic rings. The molecule has 4 heterocycles. The fourth-order valence-electron chi connectivity index (χ4n) is 4.64. The number of rotatable bonds is 3. The first-order valence-corrected chi connectivity index (χ1v) is 10.5. The van der Waals surface area contributed by atoms with Crippen molar-refractivity contribution in [1.82, 2.24) is 29.7 Å². The van der Waals surface area contributed by atoms with Crippen molar-refractivity contribution in [2.24, 2.45) is 5.41 Å². The first-order chi connectivity index (χ1) is 14.1. The molecule has 1 spiro atoms. The van der Waals surface area contributed by atoms with Crippen LogP contribution in [0.1, 0.15) is 47.1 Å². The third-order valence-corrected chi connectivity index (χ3v) is 6.83. The Kier molecular flexibility index (Phi) is 3.66. The zero-order valence-electron chi connectivity index (χ0n) is 16.0. The van der Waals surface area contributed by atoms with Crippen LogP contribution < -0.4 is 0 Å². The SMILES string of the molecule is O=C(c1cc2n(n1)CC1(CC1)C2)N1CCC(c2cn(-c3ccc(Cl)cc3)nn2)C1. The van der Waals surface area contributed by atoms with E-state index in [2.05, 4.69) is 15.4 Å². The van der Waals surface area contributed by atoms with Gasteiger partial charge in [0.25, 0.3) is 5.91 Å². The molecule has 2 aromatic heterocycles. The Morgan fingerprint density at radius 2 is 2.03 bits per heavy atom. The van der Waals surface area contributed by atoms with Crippen LogP contribution in [0.15, 0.2) is 36.5 Å². The molecule has 1 amide bonds. The van der Waals surface area contributed by atoms with Crippen molar-refractivity contribution in [2.75, 3.05) is 13.1 Å². The average molecular weight is 409 g/mol. The van der Waals surface area contributed by atoms with Gasteiger partial charge >= 0.3 is 0 Å². The Labute approximate surface area is 173 Å². The minimum absolute atomic E-state index is 0.0318. The summed E-state index contributed by atoms with van der Waals surface area (Å²) in [6, 6.07) is 9.49. The van der Waals surface area contributed by atoms with Gasteiger partial charge in [-0.1, -0.05) is 16.8 Å². The Morgan fingerprint density at radius 3 is 2.79 bits per heavy atom. The molecule has 1 aromatic carbocycles. The lowest BCUT2D eigenvalue weighted by molar-refractivity contribution is 0.0783. The lowest BCUT2D eigenvalue weighted by Crippen LogP contribution is -2.29. The summed E-state index contributed by atoms with van der Waals surface area (Å²) in [5.41, 5.74) is 4.10. The molecule has 0 N–H and O–H groups in total. The molecule has 29 heavy (non-hydrogen) atoms. The van der Waals surface area contributed by atoms with Crippen LogP contribution in [0.3, 0.4) is 0 Å². The summed E-state index contributed by atoms with van der Waals surface area (Å²) in [7, 11) is 0. The minimum Gasteiger partial charge on any atom is -0.337 e. The van der Waals surface area contributed by atoms with Crippen LogP contribution in [0.5, 0.6) is 0 Å². The molecule has 2 aliphatic heterocycles. The maximum absolute atomic E-state index is 13.0. The summed E-state index contributed by atoms with van der Waals surface area (Å²) in [6.07, 6.45) is 6.50. The van der Waals surface area contributed by atoms with Crippen molar-refractivity contribution in [3.8, 4) is 5.69 Å². The first kappa shape index (κ1) is 17.2. The Morgan fingerprint density at radius 1 is 1.21 bits per heavy atom. The Hall–Kier alpha value is -2.67. The Balaban J connectivity index is 1.15. The average Bonchev–Trinajstić information content (AvgIpc) is 3.17. The molecule has 8 heteroatoms. The summed E-state index contributed by atoms with van der Waals surface area (Å²) >= 11 is 5.96. The van der Waals surface area contributed by atoms with Gasteiger partial charge in [-0.05, 0) is 61.4 Å². The number of hydrogen-bond donors (Lipinski definition) is 0. The number of carbonyl (C=O) groups excluding carboxylic acids is 1. The summed E-state index contributed by atoms with van der Waals surface area (Å²) in [6.45, 7) is 2.36. The number of nitrogens with zero attached hydrogens (tertiary/aromatic N) is 6. The van der Waals surface area contributed by atoms with Crippen LogP contribution >= 0.6 is 11.6 Å². The first-order valence-electron chi connectivity index (χ1n) is 10.1. The zero-order chi connectivity index (χ0) is 19.6.